The highest BCUT2D eigenvalue weighted by atomic mass is 16.3. The number of benzene rings is 1. The van der Waals surface area contributed by atoms with Gasteiger partial charge in [0.25, 0.3) is 0 Å². The standard InChI is InChI=1S/C11H9N5O2/c12-9-8-11(14-4-13-9)16-10(15-8)5-1-6(17)3-7(18)2-5/h1-4,17-18H,(H3,12,13,14,15,16). The lowest BCUT2D eigenvalue weighted by Crippen LogP contribution is -1.91. The van der Waals surface area contributed by atoms with Crippen molar-refractivity contribution in [2.24, 2.45) is 0 Å². The van der Waals surface area contributed by atoms with Gasteiger partial charge in [0.1, 0.15) is 29.2 Å². The summed E-state index contributed by atoms with van der Waals surface area (Å²) in [5, 5.41) is 18.9. The minimum Gasteiger partial charge on any atom is -0.508 e. The molecule has 0 aliphatic rings. The fourth-order valence-electron chi connectivity index (χ4n) is 1.71. The van der Waals surface area contributed by atoms with Crippen LogP contribution in [0.3, 0.4) is 0 Å². The Balaban J connectivity index is 2.22. The van der Waals surface area contributed by atoms with Crippen molar-refractivity contribution in [3.8, 4) is 22.9 Å². The van der Waals surface area contributed by atoms with Crippen molar-refractivity contribution in [2.75, 3.05) is 5.73 Å². The molecule has 7 nitrogen and oxygen atoms in total. The van der Waals surface area contributed by atoms with Gasteiger partial charge < -0.3 is 20.9 Å². The van der Waals surface area contributed by atoms with Gasteiger partial charge in [-0.05, 0) is 12.1 Å². The largest absolute Gasteiger partial charge is 0.508 e. The minimum atomic E-state index is -0.0514. The van der Waals surface area contributed by atoms with E-state index >= 15 is 0 Å². The Bertz CT molecular complexity index is 717. The van der Waals surface area contributed by atoms with Gasteiger partial charge in [-0.3, -0.25) is 0 Å². The highest BCUT2D eigenvalue weighted by molar-refractivity contribution is 5.84. The van der Waals surface area contributed by atoms with Crippen LogP contribution >= 0.6 is 0 Å². The predicted molar refractivity (Wildman–Crippen MR) is 64.9 cm³/mol. The van der Waals surface area contributed by atoms with E-state index in [2.05, 4.69) is 19.9 Å². The summed E-state index contributed by atoms with van der Waals surface area (Å²) < 4.78 is 0. The second kappa shape index (κ2) is 3.59. The first-order valence-electron chi connectivity index (χ1n) is 5.13. The van der Waals surface area contributed by atoms with Gasteiger partial charge in [-0.25, -0.2) is 15.0 Å². The lowest BCUT2D eigenvalue weighted by atomic mass is 10.2. The molecule has 1 aromatic carbocycles. The molecule has 18 heavy (non-hydrogen) atoms. The number of nitrogens with two attached hydrogens (primary N) is 1. The maximum absolute atomic E-state index is 9.43. The Labute approximate surface area is 101 Å². The first-order chi connectivity index (χ1) is 8.63. The monoisotopic (exact) mass is 243 g/mol. The summed E-state index contributed by atoms with van der Waals surface area (Å²) in [4.78, 5) is 15.0. The number of hydrogen-bond acceptors (Lipinski definition) is 6. The molecule has 2 aromatic heterocycles. The second-order valence-corrected chi connectivity index (χ2v) is 3.78. The summed E-state index contributed by atoms with van der Waals surface area (Å²) in [5.74, 6) is 0.639. The molecule has 0 atom stereocenters. The number of H-pyrrole nitrogens is 1. The topological polar surface area (TPSA) is 121 Å². The van der Waals surface area contributed by atoms with Gasteiger partial charge in [0, 0.05) is 11.6 Å². The summed E-state index contributed by atoms with van der Waals surface area (Å²) in [7, 11) is 0. The second-order valence-electron chi connectivity index (χ2n) is 3.78. The van der Waals surface area contributed by atoms with Gasteiger partial charge in [0.2, 0.25) is 0 Å². The van der Waals surface area contributed by atoms with Crippen molar-refractivity contribution in [1.29, 1.82) is 0 Å². The van der Waals surface area contributed by atoms with Gasteiger partial charge >= 0.3 is 0 Å². The molecule has 0 bridgehead atoms. The molecule has 0 aliphatic carbocycles. The molecule has 5 N–H and O–H groups in total. The molecule has 0 amide bonds. The van der Waals surface area contributed by atoms with E-state index in [1.807, 2.05) is 0 Å². The number of phenolic OH excluding ortho intramolecular Hbond substituents is 2. The lowest BCUT2D eigenvalue weighted by molar-refractivity contribution is 0.451. The van der Waals surface area contributed by atoms with Gasteiger partial charge in [-0.1, -0.05) is 0 Å². The number of hydrogen-bond donors (Lipinski definition) is 4. The van der Waals surface area contributed by atoms with Crippen molar-refractivity contribution >= 4 is 17.0 Å². The zero-order valence-corrected chi connectivity index (χ0v) is 9.12. The molecular formula is C11H9N5O2. The number of imidazole rings is 1. The van der Waals surface area contributed by atoms with Gasteiger partial charge in [-0.2, -0.15) is 0 Å². The maximum Gasteiger partial charge on any atom is 0.183 e. The molecule has 0 saturated heterocycles. The molecule has 90 valence electrons. The average Bonchev–Trinajstić information content (AvgIpc) is 2.73. The molecule has 0 radical (unpaired) electrons. The van der Waals surface area contributed by atoms with Crippen LogP contribution in [0, 0.1) is 0 Å². The third-order valence-electron chi connectivity index (χ3n) is 2.49. The SMILES string of the molecule is Nc1ncnc2nc(-c3cc(O)cc(O)c3)[nH]c12. The van der Waals surface area contributed by atoms with Crippen LogP contribution in [-0.4, -0.2) is 30.1 Å². The number of rotatable bonds is 1. The molecule has 0 unspecified atom stereocenters. The molecule has 0 fully saturated rings. The van der Waals surface area contributed by atoms with Crippen LogP contribution in [0.2, 0.25) is 0 Å². The van der Waals surface area contributed by atoms with Crippen LogP contribution in [0.5, 0.6) is 11.5 Å². The number of aromatic hydroxyl groups is 2. The molecular weight excluding hydrogens is 234 g/mol. The Hall–Kier alpha value is -2.83. The number of nitrogens with zero attached hydrogens (tertiary/aromatic N) is 3. The summed E-state index contributed by atoms with van der Waals surface area (Å²) >= 11 is 0. The first-order valence-corrected chi connectivity index (χ1v) is 5.13. The summed E-state index contributed by atoms with van der Waals surface area (Å²) in [6.45, 7) is 0. The van der Waals surface area contributed by atoms with Crippen molar-refractivity contribution in [1.82, 2.24) is 19.9 Å². The highest BCUT2D eigenvalue weighted by Crippen LogP contribution is 2.28. The normalized spacial score (nSPS) is 10.9. The van der Waals surface area contributed by atoms with Crippen LogP contribution in [-0.2, 0) is 0 Å². The van der Waals surface area contributed by atoms with Crippen molar-refractivity contribution in [2.45, 2.75) is 0 Å². The van der Waals surface area contributed by atoms with E-state index in [1.165, 1.54) is 24.5 Å². The van der Waals surface area contributed by atoms with E-state index in [0.717, 1.165) is 0 Å². The molecule has 3 rings (SSSR count). The average molecular weight is 243 g/mol. The van der Waals surface area contributed by atoms with Crippen molar-refractivity contribution in [3.63, 3.8) is 0 Å². The third-order valence-corrected chi connectivity index (χ3v) is 2.49. The Morgan fingerprint density at radius 3 is 2.44 bits per heavy atom. The smallest absolute Gasteiger partial charge is 0.183 e. The molecule has 0 saturated carbocycles. The number of anilines is 1. The van der Waals surface area contributed by atoms with E-state index in [-0.39, 0.29) is 11.5 Å². The van der Waals surface area contributed by atoms with Crippen LogP contribution in [0.1, 0.15) is 0 Å². The first kappa shape index (κ1) is 10.3. The Morgan fingerprint density at radius 1 is 1.06 bits per heavy atom. The summed E-state index contributed by atoms with van der Waals surface area (Å²) in [6, 6.07) is 4.18. The predicted octanol–water partition coefficient (Wildman–Crippen LogP) is 1.01. The number of fused-ring (bicyclic) bond motifs is 1. The van der Waals surface area contributed by atoms with Crippen molar-refractivity contribution < 1.29 is 10.2 Å². The number of nitrogen functional groups attached to an aromatic ring is 1. The summed E-state index contributed by atoms with van der Waals surface area (Å²) in [5.41, 5.74) is 7.17. The fourth-order valence-corrected chi connectivity index (χ4v) is 1.71. The van der Waals surface area contributed by atoms with Crippen LogP contribution in [0.4, 0.5) is 5.82 Å². The molecule has 7 heteroatoms. The highest BCUT2D eigenvalue weighted by Gasteiger charge is 2.10. The van der Waals surface area contributed by atoms with Crippen LogP contribution in [0.15, 0.2) is 24.5 Å². The van der Waals surface area contributed by atoms with E-state index in [9.17, 15) is 10.2 Å². The Kier molecular flexibility index (Phi) is 2.06. The van der Waals surface area contributed by atoms with Gasteiger partial charge in [-0.15, -0.1) is 0 Å². The zero-order chi connectivity index (χ0) is 12.7. The molecule has 3 aromatic rings. The summed E-state index contributed by atoms with van der Waals surface area (Å²) in [6.07, 6.45) is 1.32. The lowest BCUT2D eigenvalue weighted by Gasteiger charge is -1.99. The van der Waals surface area contributed by atoms with E-state index < -0.39 is 0 Å². The Morgan fingerprint density at radius 2 is 1.78 bits per heavy atom. The number of aromatic nitrogens is 4. The van der Waals surface area contributed by atoms with Crippen LogP contribution < -0.4 is 5.73 Å². The molecule has 0 spiro atoms. The van der Waals surface area contributed by atoms with Crippen molar-refractivity contribution in [3.05, 3.63) is 24.5 Å². The van der Waals surface area contributed by atoms with E-state index in [0.29, 0.717) is 28.4 Å². The van der Waals surface area contributed by atoms with E-state index in [4.69, 9.17) is 5.73 Å². The van der Waals surface area contributed by atoms with E-state index in [1.54, 1.807) is 0 Å². The quantitative estimate of drug-likeness (QED) is 0.506. The fraction of sp³-hybridized carbons (Fsp3) is 0. The molecule has 0 aliphatic heterocycles. The maximum atomic E-state index is 9.43. The van der Waals surface area contributed by atoms with Gasteiger partial charge in [0.05, 0.1) is 0 Å². The van der Waals surface area contributed by atoms with Gasteiger partial charge in [0.15, 0.2) is 11.5 Å². The number of phenols is 2. The minimum absolute atomic E-state index is 0.0514. The number of aromatic amines is 1. The molecule has 2 heterocycles. The zero-order valence-electron chi connectivity index (χ0n) is 9.12. The third kappa shape index (κ3) is 1.58. The number of nitrogens with one attached hydrogen (secondary N) is 1. The van der Waals surface area contributed by atoms with Crippen LogP contribution in [0.25, 0.3) is 22.6 Å².